The Balaban J connectivity index is 2.02. The molecule has 1 fully saturated rings. The lowest BCUT2D eigenvalue weighted by Gasteiger charge is -2.43. The van der Waals surface area contributed by atoms with Crippen LogP contribution in [-0.2, 0) is 15.1 Å². The minimum absolute atomic E-state index is 0.131. The highest BCUT2D eigenvalue weighted by Gasteiger charge is 2.67. The van der Waals surface area contributed by atoms with Crippen LogP contribution in [0.3, 0.4) is 0 Å². The summed E-state index contributed by atoms with van der Waals surface area (Å²) in [5.74, 6) is -0.570. The topological polar surface area (TPSA) is 83.5 Å². The van der Waals surface area contributed by atoms with E-state index in [1.54, 1.807) is 4.90 Å². The van der Waals surface area contributed by atoms with E-state index in [2.05, 4.69) is 5.10 Å². The van der Waals surface area contributed by atoms with Crippen LogP contribution in [0.15, 0.2) is 40.8 Å². The van der Waals surface area contributed by atoms with Gasteiger partial charge in [-0.25, -0.2) is 9.59 Å². The molecule has 11 heteroatoms. The fraction of sp³-hybridized carbons (Fsp3) is 0.476. The third kappa shape index (κ3) is 3.26. The van der Waals surface area contributed by atoms with E-state index in [9.17, 15) is 22.8 Å². The molecule has 32 heavy (non-hydrogen) atoms. The first kappa shape index (κ1) is 22.0. The van der Waals surface area contributed by atoms with Crippen LogP contribution in [-0.4, -0.2) is 54.2 Å². The number of amides is 2. The monoisotopic (exact) mass is 452 g/mol. The zero-order valence-electron chi connectivity index (χ0n) is 17.7. The summed E-state index contributed by atoms with van der Waals surface area (Å²) in [5, 5.41) is 7.13. The first-order valence-corrected chi connectivity index (χ1v) is 10.3. The highest BCUT2D eigenvalue weighted by Crippen LogP contribution is 2.50. The summed E-state index contributed by atoms with van der Waals surface area (Å²) in [6, 6.07) is 3.98. The molecule has 3 heterocycles. The molecule has 4 rings (SSSR count). The molecule has 3 aliphatic rings. The SMILES string of the molecule is CCOC(=O)C1=C2N3CCCCCC3=NN2C(=O)NC1(c1ccc(OC)cc1)C(F)(F)F. The van der Waals surface area contributed by atoms with Crippen molar-refractivity contribution >= 4 is 17.8 Å². The second-order valence-electron chi connectivity index (χ2n) is 7.62. The predicted molar refractivity (Wildman–Crippen MR) is 107 cm³/mol. The lowest BCUT2D eigenvalue weighted by Crippen LogP contribution is -2.65. The van der Waals surface area contributed by atoms with Crippen molar-refractivity contribution in [3.63, 3.8) is 0 Å². The Morgan fingerprint density at radius 2 is 1.94 bits per heavy atom. The van der Waals surface area contributed by atoms with E-state index < -0.39 is 29.3 Å². The van der Waals surface area contributed by atoms with Gasteiger partial charge in [-0.3, -0.25) is 0 Å². The normalized spacial score (nSPS) is 23.2. The molecule has 3 aliphatic heterocycles. The summed E-state index contributed by atoms with van der Waals surface area (Å²) in [5.41, 5.74) is -4.17. The van der Waals surface area contributed by atoms with Crippen molar-refractivity contribution in [1.29, 1.82) is 0 Å². The molecule has 2 amide bonds. The molecule has 172 valence electrons. The number of ether oxygens (including phenoxy) is 2. The van der Waals surface area contributed by atoms with E-state index in [0.29, 0.717) is 31.0 Å². The lowest BCUT2D eigenvalue weighted by molar-refractivity contribution is -0.192. The quantitative estimate of drug-likeness (QED) is 0.708. The third-order valence-corrected chi connectivity index (χ3v) is 5.78. The number of nitrogens with one attached hydrogen (secondary N) is 1. The second kappa shape index (κ2) is 8.03. The molecule has 0 aromatic heterocycles. The van der Waals surface area contributed by atoms with E-state index in [4.69, 9.17) is 9.47 Å². The molecule has 1 saturated heterocycles. The van der Waals surface area contributed by atoms with Crippen LogP contribution >= 0.6 is 0 Å². The number of carbonyl (C=O) groups excluding carboxylic acids is 2. The maximum atomic E-state index is 14.9. The Morgan fingerprint density at radius 1 is 1.22 bits per heavy atom. The van der Waals surface area contributed by atoms with Gasteiger partial charge in [-0.15, -0.1) is 5.10 Å². The van der Waals surface area contributed by atoms with Gasteiger partial charge >= 0.3 is 18.2 Å². The molecule has 0 bridgehead atoms. The van der Waals surface area contributed by atoms with Crippen molar-refractivity contribution in [3.05, 3.63) is 41.2 Å². The molecule has 1 unspecified atom stereocenters. The Hall–Kier alpha value is -3.24. The number of hydrazone groups is 1. The number of esters is 1. The van der Waals surface area contributed by atoms with Crippen molar-refractivity contribution in [2.45, 2.75) is 44.3 Å². The first-order valence-electron chi connectivity index (χ1n) is 10.3. The van der Waals surface area contributed by atoms with Gasteiger partial charge in [0.05, 0.1) is 13.7 Å². The van der Waals surface area contributed by atoms with E-state index in [1.165, 1.54) is 38.3 Å². The Labute approximate surface area is 182 Å². The third-order valence-electron chi connectivity index (χ3n) is 5.78. The Bertz CT molecular complexity index is 990. The number of alkyl halides is 3. The number of hydrogen-bond acceptors (Lipinski definition) is 6. The summed E-state index contributed by atoms with van der Waals surface area (Å²) in [6.45, 7) is 1.72. The minimum Gasteiger partial charge on any atom is -0.497 e. The highest BCUT2D eigenvalue weighted by molar-refractivity contribution is 6.00. The summed E-state index contributed by atoms with van der Waals surface area (Å²) in [4.78, 5) is 27.6. The van der Waals surface area contributed by atoms with E-state index >= 15 is 0 Å². The molecule has 1 N–H and O–H groups in total. The Kier molecular flexibility index (Phi) is 5.51. The number of nitrogens with zero attached hydrogens (tertiary/aromatic N) is 3. The number of hydrogen-bond donors (Lipinski definition) is 1. The van der Waals surface area contributed by atoms with Gasteiger partial charge in [0.1, 0.15) is 17.2 Å². The Morgan fingerprint density at radius 3 is 2.56 bits per heavy atom. The lowest BCUT2D eigenvalue weighted by atomic mass is 9.79. The van der Waals surface area contributed by atoms with Gasteiger partial charge in [0.15, 0.2) is 11.4 Å². The summed E-state index contributed by atoms with van der Waals surface area (Å²) in [7, 11) is 1.39. The van der Waals surface area contributed by atoms with Crippen molar-refractivity contribution in [1.82, 2.24) is 15.2 Å². The maximum absolute atomic E-state index is 14.9. The van der Waals surface area contributed by atoms with Crippen LogP contribution in [0.2, 0.25) is 0 Å². The zero-order valence-corrected chi connectivity index (χ0v) is 17.7. The highest BCUT2D eigenvalue weighted by atomic mass is 19.4. The van der Waals surface area contributed by atoms with Crippen LogP contribution in [0.1, 0.15) is 38.2 Å². The van der Waals surface area contributed by atoms with Crippen LogP contribution in [0.5, 0.6) is 5.75 Å². The van der Waals surface area contributed by atoms with E-state index in [1.807, 2.05) is 5.32 Å². The summed E-state index contributed by atoms with van der Waals surface area (Å²) < 4.78 is 54.8. The van der Waals surface area contributed by atoms with Crippen molar-refractivity contribution in [2.75, 3.05) is 20.3 Å². The summed E-state index contributed by atoms with van der Waals surface area (Å²) >= 11 is 0. The van der Waals surface area contributed by atoms with Crippen LogP contribution in [0.4, 0.5) is 18.0 Å². The average molecular weight is 452 g/mol. The van der Waals surface area contributed by atoms with Gasteiger partial charge < -0.3 is 19.7 Å². The van der Waals surface area contributed by atoms with Crippen molar-refractivity contribution < 1.29 is 32.2 Å². The van der Waals surface area contributed by atoms with E-state index in [-0.39, 0.29) is 18.0 Å². The van der Waals surface area contributed by atoms with Crippen LogP contribution < -0.4 is 10.1 Å². The van der Waals surface area contributed by atoms with E-state index in [0.717, 1.165) is 17.9 Å². The average Bonchev–Trinajstić information content (AvgIpc) is 2.95. The van der Waals surface area contributed by atoms with Gasteiger partial charge in [0.25, 0.3) is 0 Å². The molecule has 0 spiro atoms. The molecule has 0 saturated carbocycles. The van der Waals surface area contributed by atoms with Gasteiger partial charge in [-0.05, 0) is 37.5 Å². The minimum atomic E-state index is -5.06. The number of rotatable bonds is 4. The standard InChI is InChI=1S/C21H23F3N4O4/c1-3-32-18(29)16-17-27-12-6-4-5-7-15(27)26-28(17)19(30)25-20(16,21(22,23)24)13-8-10-14(31-2)11-9-13/h8-11H,3-7,12H2,1-2H3,(H,25,30). The number of methoxy groups -OCH3 is 1. The number of halogens is 3. The van der Waals surface area contributed by atoms with Crippen LogP contribution in [0, 0.1) is 0 Å². The first-order chi connectivity index (χ1) is 15.2. The van der Waals surface area contributed by atoms with Crippen molar-refractivity contribution in [2.24, 2.45) is 5.10 Å². The largest absolute Gasteiger partial charge is 0.497 e. The fourth-order valence-electron chi connectivity index (χ4n) is 4.31. The molecule has 0 aliphatic carbocycles. The van der Waals surface area contributed by atoms with Crippen LogP contribution in [0.25, 0.3) is 0 Å². The second-order valence-corrected chi connectivity index (χ2v) is 7.62. The summed E-state index contributed by atoms with van der Waals surface area (Å²) in [6.07, 6.45) is -2.23. The molecule has 1 aromatic rings. The molecule has 1 aromatic carbocycles. The number of urea groups is 1. The molecule has 1 atom stereocenters. The van der Waals surface area contributed by atoms with Gasteiger partial charge in [-0.2, -0.15) is 18.2 Å². The maximum Gasteiger partial charge on any atom is 0.420 e. The number of fused-ring (bicyclic) bond motifs is 3. The number of amidine groups is 1. The smallest absolute Gasteiger partial charge is 0.420 e. The molecular formula is C21H23F3N4O4. The predicted octanol–water partition coefficient (Wildman–Crippen LogP) is 3.46. The van der Waals surface area contributed by atoms with Gasteiger partial charge in [0, 0.05) is 13.0 Å². The molecular weight excluding hydrogens is 429 g/mol. The van der Waals surface area contributed by atoms with Gasteiger partial charge in [0.2, 0.25) is 0 Å². The van der Waals surface area contributed by atoms with Gasteiger partial charge in [-0.1, -0.05) is 18.6 Å². The number of benzene rings is 1. The van der Waals surface area contributed by atoms with Crippen molar-refractivity contribution in [3.8, 4) is 5.75 Å². The number of carbonyl (C=O) groups is 2. The zero-order chi connectivity index (χ0) is 23.1. The fourth-order valence-corrected chi connectivity index (χ4v) is 4.31. The molecule has 8 nitrogen and oxygen atoms in total. The molecule has 0 radical (unpaired) electrons.